The molecule has 3 aromatic carbocycles. The van der Waals surface area contributed by atoms with Crippen molar-refractivity contribution < 1.29 is 23.8 Å². The van der Waals surface area contributed by atoms with Gasteiger partial charge >= 0.3 is 0 Å². The molecular weight excluding hydrogens is 628 g/mol. The van der Waals surface area contributed by atoms with Crippen LogP contribution in [0.25, 0.3) is 22.0 Å². The van der Waals surface area contributed by atoms with Crippen molar-refractivity contribution >= 4 is 28.4 Å². The van der Waals surface area contributed by atoms with E-state index in [0.29, 0.717) is 90.7 Å². The van der Waals surface area contributed by atoms with Crippen LogP contribution in [0.2, 0.25) is 0 Å². The van der Waals surface area contributed by atoms with Crippen LogP contribution in [0.15, 0.2) is 58.1 Å². The molecule has 2 heterocycles. The molecule has 256 valence electrons. The normalized spacial score (nSPS) is 15.8. The summed E-state index contributed by atoms with van der Waals surface area (Å²) in [6.07, 6.45) is 1.13. The minimum atomic E-state index is -0.435. The summed E-state index contributed by atoms with van der Waals surface area (Å²) in [5.41, 5.74) is 3.45. The van der Waals surface area contributed by atoms with Gasteiger partial charge in [-0.3, -0.25) is 24.1 Å². The number of fused-ring (bicyclic) bond motifs is 4. The molecule has 0 saturated carbocycles. The summed E-state index contributed by atoms with van der Waals surface area (Å²) in [6.45, 7) is 4.08. The van der Waals surface area contributed by atoms with E-state index in [4.69, 9.17) is 14.2 Å². The smallest absolute Gasteiger partial charge is 0.258 e. The Labute approximate surface area is 283 Å². The number of para-hydroxylation sites is 1. The number of aryl methyl sites for hydroxylation is 1. The van der Waals surface area contributed by atoms with Gasteiger partial charge in [0.1, 0.15) is 5.82 Å². The number of nitrogens with one attached hydrogen (secondary N) is 3. The standard InChI is InChI=1S/C36H40N6O7/c1-21(43)38-27-11-9-22-17-30(47-2)34(48-3)35(49-4)33(22)23-10-12-28(29(44)18-25(23)27)37-19-32(45)42-15-13-41(14-16-42)20-31-39-26-8-6-5-7-24(26)36(46)40-31/h5-8,10,12,17-18,27H,9,11,13-16,19-20H2,1-4H3,(H,37,44)(H,38,43)(H,39,40,46). The van der Waals surface area contributed by atoms with E-state index in [9.17, 15) is 19.2 Å². The fourth-order valence-corrected chi connectivity index (χ4v) is 6.71. The van der Waals surface area contributed by atoms with Gasteiger partial charge in [0.05, 0.1) is 57.1 Å². The number of ether oxygens (including phenoxy) is 3. The Balaban J connectivity index is 1.19. The van der Waals surface area contributed by atoms with Gasteiger partial charge in [-0.25, -0.2) is 4.98 Å². The van der Waals surface area contributed by atoms with Crippen LogP contribution < -0.4 is 35.8 Å². The molecule has 0 radical (unpaired) electrons. The molecule has 0 spiro atoms. The van der Waals surface area contributed by atoms with Crippen LogP contribution >= 0.6 is 0 Å². The highest BCUT2D eigenvalue weighted by Gasteiger charge is 2.30. The Morgan fingerprint density at radius 1 is 0.959 bits per heavy atom. The van der Waals surface area contributed by atoms with Crippen molar-refractivity contribution in [1.29, 1.82) is 0 Å². The maximum Gasteiger partial charge on any atom is 0.258 e. The molecule has 1 unspecified atom stereocenters. The summed E-state index contributed by atoms with van der Waals surface area (Å²) in [6, 6.07) is 13.7. The van der Waals surface area contributed by atoms with E-state index in [2.05, 4.69) is 25.5 Å². The number of H-pyrrole nitrogens is 1. The molecule has 2 amide bonds. The first-order valence-electron chi connectivity index (χ1n) is 16.2. The lowest BCUT2D eigenvalue weighted by Crippen LogP contribution is -2.50. The van der Waals surface area contributed by atoms with Gasteiger partial charge in [-0.15, -0.1) is 0 Å². The topological polar surface area (TPSA) is 155 Å². The Kier molecular flexibility index (Phi) is 9.81. The molecule has 4 aromatic rings. The van der Waals surface area contributed by atoms with E-state index in [0.717, 1.165) is 11.1 Å². The highest BCUT2D eigenvalue weighted by atomic mass is 16.5. The van der Waals surface area contributed by atoms with Gasteiger partial charge in [0.2, 0.25) is 23.0 Å². The summed E-state index contributed by atoms with van der Waals surface area (Å²) in [5.74, 6) is 1.64. The maximum absolute atomic E-state index is 13.6. The average Bonchev–Trinajstić information content (AvgIpc) is 3.34. The zero-order valence-corrected chi connectivity index (χ0v) is 28.1. The van der Waals surface area contributed by atoms with E-state index >= 15 is 0 Å². The molecule has 3 N–H and O–H groups in total. The third kappa shape index (κ3) is 6.93. The number of piperazine rings is 1. The minimum absolute atomic E-state index is 0.0659. The van der Waals surface area contributed by atoms with Crippen molar-refractivity contribution in [3.8, 4) is 28.4 Å². The highest BCUT2D eigenvalue weighted by molar-refractivity contribution is 5.84. The zero-order chi connectivity index (χ0) is 34.7. The van der Waals surface area contributed by atoms with Crippen LogP contribution in [-0.2, 0) is 22.6 Å². The van der Waals surface area contributed by atoms with Crippen LogP contribution in [0.4, 0.5) is 5.69 Å². The molecule has 1 atom stereocenters. The Morgan fingerprint density at radius 3 is 2.43 bits per heavy atom. The highest BCUT2D eigenvalue weighted by Crippen LogP contribution is 2.50. The second kappa shape index (κ2) is 14.4. The molecule has 13 nitrogen and oxygen atoms in total. The number of aromatic amines is 1. The number of carbonyl (C=O) groups excluding carboxylic acids is 2. The number of anilines is 1. The zero-order valence-electron chi connectivity index (χ0n) is 28.1. The largest absolute Gasteiger partial charge is 0.493 e. The lowest BCUT2D eigenvalue weighted by atomic mass is 9.95. The van der Waals surface area contributed by atoms with E-state index < -0.39 is 6.04 Å². The molecule has 2 aliphatic rings. The summed E-state index contributed by atoms with van der Waals surface area (Å²) < 4.78 is 17.1. The van der Waals surface area contributed by atoms with Gasteiger partial charge in [0, 0.05) is 38.7 Å². The second-order valence-corrected chi connectivity index (χ2v) is 12.1. The van der Waals surface area contributed by atoms with E-state index in [1.807, 2.05) is 30.3 Å². The molecule has 6 rings (SSSR count). The number of hydrogen-bond donors (Lipinski definition) is 3. The number of methoxy groups -OCH3 is 3. The SMILES string of the molecule is COc1cc2c(c(OC)c1OC)-c1ccc(NCC(=O)N3CCN(Cc4nc5ccccc5c(=O)[nH]4)CC3)c(=O)cc1C(NC(C)=O)CC2. The molecule has 1 saturated heterocycles. The van der Waals surface area contributed by atoms with Crippen molar-refractivity contribution in [1.82, 2.24) is 25.1 Å². The summed E-state index contributed by atoms with van der Waals surface area (Å²) in [7, 11) is 4.65. The Morgan fingerprint density at radius 2 is 1.71 bits per heavy atom. The van der Waals surface area contributed by atoms with Crippen molar-refractivity contribution in [2.75, 3.05) is 59.4 Å². The monoisotopic (exact) mass is 668 g/mol. The Bertz CT molecular complexity index is 2020. The molecule has 49 heavy (non-hydrogen) atoms. The number of carbonyl (C=O) groups is 2. The van der Waals surface area contributed by atoms with Crippen LogP contribution in [-0.4, -0.2) is 85.6 Å². The molecule has 1 aliphatic carbocycles. The number of amides is 2. The van der Waals surface area contributed by atoms with E-state index in [1.165, 1.54) is 20.1 Å². The fraction of sp³-hybridized carbons (Fsp3) is 0.361. The molecular formula is C36H40N6O7. The van der Waals surface area contributed by atoms with Crippen molar-refractivity contribution in [2.24, 2.45) is 0 Å². The molecule has 1 aromatic heterocycles. The number of hydrogen-bond acceptors (Lipinski definition) is 10. The summed E-state index contributed by atoms with van der Waals surface area (Å²) in [4.78, 5) is 63.0. The van der Waals surface area contributed by atoms with Gasteiger partial charge in [0.25, 0.3) is 5.56 Å². The van der Waals surface area contributed by atoms with E-state index in [-0.39, 0.29) is 35.0 Å². The fourth-order valence-electron chi connectivity index (χ4n) is 6.71. The van der Waals surface area contributed by atoms with Crippen molar-refractivity contribution in [3.63, 3.8) is 0 Å². The van der Waals surface area contributed by atoms with Gasteiger partial charge in [-0.1, -0.05) is 18.2 Å². The molecule has 13 heteroatoms. The Hall–Kier alpha value is -5.43. The molecule has 0 bridgehead atoms. The lowest BCUT2D eigenvalue weighted by Gasteiger charge is -2.34. The van der Waals surface area contributed by atoms with Crippen LogP contribution in [0.3, 0.4) is 0 Å². The van der Waals surface area contributed by atoms with Crippen LogP contribution in [0, 0.1) is 0 Å². The van der Waals surface area contributed by atoms with Crippen LogP contribution in [0.5, 0.6) is 17.2 Å². The number of nitrogens with zero attached hydrogens (tertiary/aromatic N) is 3. The van der Waals surface area contributed by atoms with Crippen LogP contribution in [0.1, 0.15) is 36.3 Å². The van der Waals surface area contributed by atoms with Crippen molar-refractivity contribution in [3.05, 3.63) is 86.1 Å². The van der Waals surface area contributed by atoms with Crippen molar-refractivity contribution in [2.45, 2.75) is 32.4 Å². The first-order chi connectivity index (χ1) is 23.7. The predicted molar refractivity (Wildman–Crippen MR) is 185 cm³/mol. The summed E-state index contributed by atoms with van der Waals surface area (Å²) >= 11 is 0. The van der Waals surface area contributed by atoms with E-state index in [1.54, 1.807) is 31.3 Å². The van der Waals surface area contributed by atoms with Gasteiger partial charge in [-0.05, 0) is 59.9 Å². The minimum Gasteiger partial charge on any atom is -0.493 e. The van der Waals surface area contributed by atoms with Gasteiger partial charge in [0.15, 0.2) is 11.5 Å². The predicted octanol–water partition coefficient (Wildman–Crippen LogP) is 2.86. The average molecular weight is 669 g/mol. The number of aromatic nitrogens is 2. The van der Waals surface area contributed by atoms with Gasteiger partial charge in [-0.2, -0.15) is 0 Å². The molecule has 1 fully saturated rings. The number of benzene rings is 2. The third-order valence-corrected chi connectivity index (χ3v) is 9.11. The third-order valence-electron chi connectivity index (χ3n) is 9.11. The lowest BCUT2D eigenvalue weighted by molar-refractivity contribution is -0.131. The first kappa shape index (κ1) is 33.5. The maximum atomic E-state index is 13.6. The quantitative estimate of drug-likeness (QED) is 0.243. The molecule has 1 aliphatic heterocycles. The number of rotatable bonds is 9. The van der Waals surface area contributed by atoms with Gasteiger partial charge < -0.3 is 34.7 Å². The first-order valence-corrected chi connectivity index (χ1v) is 16.2. The summed E-state index contributed by atoms with van der Waals surface area (Å²) in [5, 5.41) is 6.62. The second-order valence-electron chi connectivity index (χ2n) is 12.1.